The highest BCUT2D eigenvalue weighted by atomic mass is 16.5. The molecular formula is C25H29N5O4. The summed E-state index contributed by atoms with van der Waals surface area (Å²) < 4.78 is 11.4. The van der Waals surface area contributed by atoms with Crippen LogP contribution in [0.1, 0.15) is 43.5 Å². The number of carbonyl (C=O) groups is 2. The van der Waals surface area contributed by atoms with Crippen LogP contribution in [-0.2, 0) is 16.0 Å². The molecule has 3 aromatic rings. The number of hydrogen-bond donors (Lipinski definition) is 2. The molecule has 3 amide bonds. The number of aryl methyl sites for hydroxylation is 1. The van der Waals surface area contributed by atoms with E-state index in [2.05, 4.69) is 20.3 Å². The van der Waals surface area contributed by atoms with Gasteiger partial charge in [-0.3, -0.25) is 15.0 Å². The maximum Gasteiger partial charge on any atom is 0.329 e. The summed E-state index contributed by atoms with van der Waals surface area (Å²) in [5.41, 5.74) is 3.23. The minimum absolute atomic E-state index is 0.0674. The van der Waals surface area contributed by atoms with Crippen LogP contribution in [0.5, 0.6) is 5.75 Å². The standard InChI is InChI=1S/C25H29N5O4/c1-15-16(4-5-21(28-15)29-24(32)30-8-7-25(2,3)23(30)31)10-17-12-26-22-20(17)11-19(13-27-22)34-18-6-9-33-14-18/h4-5,11-13,18H,6-10,14H2,1-3H3,(H,26,27)(H,28,29,32). The van der Waals surface area contributed by atoms with Crippen LogP contribution in [0.3, 0.4) is 0 Å². The third kappa shape index (κ3) is 4.35. The molecule has 178 valence electrons. The van der Waals surface area contributed by atoms with Gasteiger partial charge in [0, 0.05) is 42.1 Å². The fourth-order valence-corrected chi connectivity index (χ4v) is 4.44. The number of rotatable bonds is 5. The summed E-state index contributed by atoms with van der Waals surface area (Å²) in [5, 5.41) is 3.77. The van der Waals surface area contributed by atoms with Crippen LogP contribution in [-0.4, -0.2) is 57.7 Å². The van der Waals surface area contributed by atoms with Gasteiger partial charge in [0.05, 0.1) is 19.4 Å². The minimum atomic E-state index is -0.505. The second kappa shape index (κ2) is 8.72. The van der Waals surface area contributed by atoms with Gasteiger partial charge in [0.1, 0.15) is 23.3 Å². The number of hydrogen-bond acceptors (Lipinski definition) is 6. The van der Waals surface area contributed by atoms with E-state index in [1.807, 2.05) is 39.1 Å². The lowest BCUT2D eigenvalue weighted by Gasteiger charge is -2.18. The average Bonchev–Trinajstić information content (AvgIpc) is 3.51. The highest BCUT2D eigenvalue weighted by molar-refractivity contribution is 6.03. The molecule has 0 aromatic carbocycles. The quantitative estimate of drug-likeness (QED) is 0.595. The molecule has 3 aromatic heterocycles. The lowest BCUT2D eigenvalue weighted by molar-refractivity contribution is -0.131. The summed E-state index contributed by atoms with van der Waals surface area (Å²) in [7, 11) is 0. The van der Waals surface area contributed by atoms with Crippen molar-refractivity contribution in [1.29, 1.82) is 0 Å². The Morgan fingerprint density at radius 1 is 1.35 bits per heavy atom. The maximum atomic E-state index is 12.6. The number of anilines is 1. The van der Waals surface area contributed by atoms with Crippen molar-refractivity contribution >= 4 is 28.8 Å². The molecule has 0 radical (unpaired) electrons. The number of pyridine rings is 2. The van der Waals surface area contributed by atoms with Crippen LogP contribution >= 0.6 is 0 Å². The van der Waals surface area contributed by atoms with E-state index in [1.165, 1.54) is 4.90 Å². The molecule has 2 aliphatic rings. The van der Waals surface area contributed by atoms with Crippen molar-refractivity contribution in [2.24, 2.45) is 5.41 Å². The summed E-state index contributed by atoms with van der Waals surface area (Å²) in [6, 6.07) is 5.31. The van der Waals surface area contributed by atoms with Crippen molar-refractivity contribution in [3.63, 3.8) is 0 Å². The van der Waals surface area contributed by atoms with Crippen molar-refractivity contribution < 1.29 is 19.1 Å². The first-order valence-corrected chi connectivity index (χ1v) is 11.6. The molecular weight excluding hydrogens is 434 g/mol. The van der Waals surface area contributed by atoms with E-state index < -0.39 is 11.4 Å². The predicted octanol–water partition coefficient (Wildman–Crippen LogP) is 3.82. The SMILES string of the molecule is Cc1nc(NC(=O)N2CCC(C)(C)C2=O)ccc1Cc1c[nH]c2ncc(OC3CCOC3)cc12. The first-order valence-electron chi connectivity index (χ1n) is 11.6. The lowest BCUT2D eigenvalue weighted by Crippen LogP contribution is -2.39. The van der Waals surface area contributed by atoms with Crippen LogP contribution in [0.25, 0.3) is 11.0 Å². The summed E-state index contributed by atoms with van der Waals surface area (Å²) in [5.74, 6) is 1.00. The third-order valence-corrected chi connectivity index (χ3v) is 6.62. The molecule has 5 rings (SSSR count). The number of aromatic amines is 1. The zero-order chi connectivity index (χ0) is 23.9. The normalized spacial score (nSPS) is 19.7. The Kier molecular flexibility index (Phi) is 5.73. The first kappa shape index (κ1) is 22.3. The van der Waals surface area contributed by atoms with Crippen molar-refractivity contribution in [1.82, 2.24) is 19.9 Å². The van der Waals surface area contributed by atoms with Crippen LogP contribution < -0.4 is 10.1 Å². The summed E-state index contributed by atoms with van der Waals surface area (Å²) >= 11 is 0. The average molecular weight is 464 g/mol. The highest BCUT2D eigenvalue weighted by Gasteiger charge is 2.41. The van der Waals surface area contributed by atoms with E-state index in [9.17, 15) is 9.59 Å². The molecule has 5 heterocycles. The number of fused-ring (bicyclic) bond motifs is 1. The van der Waals surface area contributed by atoms with Gasteiger partial charge in [-0.05, 0) is 36.6 Å². The van der Waals surface area contributed by atoms with Gasteiger partial charge in [-0.2, -0.15) is 0 Å². The second-order valence-electron chi connectivity index (χ2n) is 9.62. The van der Waals surface area contributed by atoms with E-state index in [4.69, 9.17) is 9.47 Å². The molecule has 34 heavy (non-hydrogen) atoms. The van der Waals surface area contributed by atoms with Gasteiger partial charge in [-0.25, -0.2) is 14.8 Å². The Bertz CT molecular complexity index is 1250. The predicted molar refractivity (Wildman–Crippen MR) is 127 cm³/mol. The fourth-order valence-electron chi connectivity index (χ4n) is 4.44. The molecule has 2 aliphatic heterocycles. The second-order valence-corrected chi connectivity index (χ2v) is 9.62. The Labute approximate surface area is 197 Å². The molecule has 1 unspecified atom stereocenters. The van der Waals surface area contributed by atoms with Gasteiger partial charge in [-0.15, -0.1) is 0 Å². The molecule has 1 atom stereocenters. The van der Waals surface area contributed by atoms with E-state index >= 15 is 0 Å². The number of carbonyl (C=O) groups excluding carboxylic acids is 2. The monoisotopic (exact) mass is 463 g/mol. The number of nitrogens with one attached hydrogen (secondary N) is 2. The number of likely N-dealkylation sites (tertiary alicyclic amines) is 1. The summed E-state index contributed by atoms with van der Waals surface area (Å²) in [6.45, 7) is 7.39. The Hall–Kier alpha value is -3.46. The molecule has 2 N–H and O–H groups in total. The van der Waals surface area contributed by atoms with Crippen LogP contribution in [0.2, 0.25) is 0 Å². The van der Waals surface area contributed by atoms with E-state index in [0.29, 0.717) is 31.8 Å². The number of imide groups is 1. The largest absolute Gasteiger partial charge is 0.486 e. The van der Waals surface area contributed by atoms with E-state index in [-0.39, 0.29) is 12.0 Å². The first-order chi connectivity index (χ1) is 16.3. The Morgan fingerprint density at radius 2 is 2.21 bits per heavy atom. The molecule has 2 fully saturated rings. The molecule has 0 bridgehead atoms. The molecule has 0 saturated carbocycles. The topological polar surface area (TPSA) is 109 Å². The van der Waals surface area contributed by atoms with Crippen molar-refractivity contribution in [3.05, 3.63) is 47.4 Å². The van der Waals surface area contributed by atoms with Gasteiger partial charge in [0.15, 0.2) is 0 Å². The van der Waals surface area contributed by atoms with Crippen molar-refractivity contribution in [2.75, 3.05) is 25.1 Å². The summed E-state index contributed by atoms with van der Waals surface area (Å²) in [6.07, 6.45) is 5.95. The molecule has 2 saturated heterocycles. The third-order valence-electron chi connectivity index (χ3n) is 6.62. The van der Waals surface area contributed by atoms with Gasteiger partial charge >= 0.3 is 6.03 Å². The Morgan fingerprint density at radius 3 is 2.91 bits per heavy atom. The maximum absolute atomic E-state index is 12.6. The van der Waals surface area contributed by atoms with Gasteiger partial charge in [-0.1, -0.05) is 19.9 Å². The molecule has 9 nitrogen and oxygen atoms in total. The lowest BCUT2D eigenvalue weighted by atomic mass is 9.92. The van der Waals surface area contributed by atoms with Gasteiger partial charge in [0.2, 0.25) is 5.91 Å². The van der Waals surface area contributed by atoms with Gasteiger partial charge < -0.3 is 14.5 Å². The fraction of sp³-hybridized carbons (Fsp3) is 0.440. The van der Waals surface area contributed by atoms with Gasteiger partial charge in [0.25, 0.3) is 0 Å². The Balaban J connectivity index is 1.29. The highest BCUT2D eigenvalue weighted by Crippen LogP contribution is 2.31. The van der Waals surface area contributed by atoms with Crippen LogP contribution in [0.15, 0.2) is 30.6 Å². The molecule has 0 spiro atoms. The summed E-state index contributed by atoms with van der Waals surface area (Å²) in [4.78, 5) is 38.5. The van der Waals surface area contributed by atoms with Crippen molar-refractivity contribution in [3.8, 4) is 5.75 Å². The smallest absolute Gasteiger partial charge is 0.329 e. The number of urea groups is 1. The van der Waals surface area contributed by atoms with Crippen molar-refractivity contribution in [2.45, 2.75) is 46.1 Å². The number of amides is 3. The number of ether oxygens (including phenoxy) is 2. The number of H-pyrrole nitrogens is 1. The zero-order valence-corrected chi connectivity index (χ0v) is 19.7. The van der Waals surface area contributed by atoms with Crippen LogP contribution in [0, 0.1) is 12.3 Å². The zero-order valence-electron chi connectivity index (χ0n) is 19.7. The minimum Gasteiger partial charge on any atom is -0.486 e. The van der Waals surface area contributed by atoms with E-state index in [1.54, 1.807) is 12.3 Å². The van der Waals surface area contributed by atoms with Crippen LogP contribution in [0.4, 0.5) is 10.6 Å². The van der Waals surface area contributed by atoms with E-state index in [0.717, 1.165) is 46.6 Å². The number of nitrogens with zero attached hydrogens (tertiary/aromatic N) is 3. The number of aromatic nitrogens is 3. The molecule has 9 heteroatoms. The molecule has 0 aliphatic carbocycles.